The van der Waals surface area contributed by atoms with E-state index in [1.165, 1.54) is 43.1 Å². The van der Waals surface area contributed by atoms with E-state index in [9.17, 15) is 13.6 Å². The van der Waals surface area contributed by atoms with Crippen molar-refractivity contribution in [3.8, 4) is 16.9 Å². The van der Waals surface area contributed by atoms with E-state index in [-0.39, 0.29) is 40.5 Å². The average molecular weight is 544 g/mol. The lowest BCUT2D eigenvalue weighted by Gasteiger charge is -2.25. The molecule has 5 nitrogen and oxygen atoms in total. The van der Waals surface area contributed by atoms with Crippen molar-refractivity contribution >= 4 is 11.8 Å². The number of halogens is 3. The second-order valence-electron chi connectivity index (χ2n) is 10.3. The highest BCUT2D eigenvalue weighted by Gasteiger charge is 2.34. The molecule has 0 aliphatic carbocycles. The topological polar surface area (TPSA) is 37.7 Å². The third-order valence-electron chi connectivity index (χ3n) is 7.83. The number of rotatable bonds is 7. The van der Waals surface area contributed by atoms with Gasteiger partial charge in [0, 0.05) is 42.4 Å². The number of benzene rings is 2. The second-order valence-corrected chi connectivity index (χ2v) is 11.3. The van der Waals surface area contributed by atoms with Crippen LogP contribution in [0, 0.1) is 24.4 Å². The number of likely N-dealkylation sites (tertiary alicyclic amines) is 1. The molecule has 0 spiro atoms. The number of aromatic nitrogens is 1. The van der Waals surface area contributed by atoms with Crippen LogP contribution in [0.1, 0.15) is 29.2 Å². The van der Waals surface area contributed by atoms with Gasteiger partial charge in [-0.3, -0.25) is 14.3 Å². The van der Waals surface area contributed by atoms with Crippen molar-refractivity contribution < 1.29 is 17.9 Å². The van der Waals surface area contributed by atoms with Crippen LogP contribution < -0.4 is 10.3 Å². The molecular formula is C29H32F3N3O2S. The lowest BCUT2D eigenvalue weighted by molar-refractivity contribution is 0.246. The summed E-state index contributed by atoms with van der Waals surface area (Å²) >= 11 is 1.53. The van der Waals surface area contributed by atoms with Crippen LogP contribution in [-0.4, -0.2) is 67.0 Å². The average Bonchev–Trinajstić information content (AvgIpc) is 3.52. The first kappa shape index (κ1) is 26.8. The summed E-state index contributed by atoms with van der Waals surface area (Å²) in [6, 6.07) is 8.82. The van der Waals surface area contributed by atoms with Crippen LogP contribution in [0.3, 0.4) is 0 Å². The van der Waals surface area contributed by atoms with Gasteiger partial charge in [0.1, 0.15) is 11.6 Å². The van der Waals surface area contributed by atoms with Crippen LogP contribution in [0.4, 0.5) is 13.2 Å². The van der Waals surface area contributed by atoms with Gasteiger partial charge in [-0.1, -0.05) is 18.2 Å². The van der Waals surface area contributed by atoms with Gasteiger partial charge in [0.15, 0.2) is 11.6 Å². The van der Waals surface area contributed by atoms with Crippen molar-refractivity contribution in [3.05, 3.63) is 80.9 Å². The molecule has 202 valence electrons. The van der Waals surface area contributed by atoms with E-state index < -0.39 is 17.5 Å². The van der Waals surface area contributed by atoms with Gasteiger partial charge in [-0.25, -0.2) is 13.2 Å². The fraction of sp³-hybridized carbons (Fsp3) is 0.414. The Morgan fingerprint density at radius 1 is 1.08 bits per heavy atom. The minimum absolute atomic E-state index is 0.0335. The highest BCUT2D eigenvalue weighted by molar-refractivity contribution is 7.99. The summed E-state index contributed by atoms with van der Waals surface area (Å²) in [5, 5.41) is 0.704. The van der Waals surface area contributed by atoms with Crippen molar-refractivity contribution in [3.63, 3.8) is 0 Å². The summed E-state index contributed by atoms with van der Waals surface area (Å²) in [5.41, 5.74) is 1.15. The number of nitrogens with zero attached hydrogens (tertiary/aromatic N) is 3. The van der Waals surface area contributed by atoms with E-state index in [0.717, 1.165) is 19.5 Å². The highest BCUT2D eigenvalue weighted by atomic mass is 32.2. The van der Waals surface area contributed by atoms with Gasteiger partial charge in [-0.05, 0) is 63.3 Å². The predicted octanol–water partition coefficient (Wildman–Crippen LogP) is 5.12. The Bertz CT molecular complexity index is 1400. The molecule has 38 heavy (non-hydrogen) atoms. The molecule has 1 fully saturated rings. The molecule has 1 saturated heterocycles. The Labute approximate surface area is 225 Å². The summed E-state index contributed by atoms with van der Waals surface area (Å²) in [4.78, 5) is 18.7. The molecule has 0 bridgehead atoms. The SMILES string of the molecule is COc1cccc(-c2c(C)c(Cc3c(F)cccc3F)c3n(c2=O)C(CN2CCC(N(C)C)C2)CS3)c1F. The van der Waals surface area contributed by atoms with Crippen LogP contribution in [-0.2, 0) is 6.42 Å². The maximum atomic E-state index is 15.5. The Hall–Kier alpha value is -2.75. The van der Waals surface area contributed by atoms with Crippen LogP contribution in [0.2, 0.25) is 0 Å². The number of likely N-dealkylation sites (N-methyl/N-ethyl adjacent to an activating group) is 1. The molecule has 0 saturated carbocycles. The molecule has 2 aliphatic heterocycles. The number of thioether (sulfide) groups is 1. The minimum atomic E-state index is -0.644. The largest absolute Gasteiger partial charge is 0.494 e. The molecule has 1 aromatic heterocycles. The van der Waals surface area contributed by atoms with Crippen molar-refractivity contribution in [2.45, 2.75) is 36.9 Å². The van der Waals surface area contributed by atoms with Crippen LogP contribution in [0.5, 0.6) is 5.75 Å². The van der Waals surface area contributed by atoms with Crippen LogP contribution >= 0.6 is 11.8 Å². The summed E-state index contributed by atoms with van der Waals surface area (Å²) in [7, 11) is 5.52. The van der Waals surface area contributed by atoms with E-state index in [2.05, 4.69) is 23.9 Å². The maximum absolute atomic E-state index is 15.5. The number of pyridine rings is 1. The van der Waals surface area contributed by atoms with E-state index in [1.807, 2.05) is 0 Å². The number of methoxy groups -OCH3 is 1. The molecular weight excluding hydrogens is 511 g/mol. The molecule has 3 aromatic rings. The van der Waals surface area contributed by atoms with Gasteiger partial charge >= 0.3 is 0 Å². The van der Waals surface area contributed by atoms with E-state index in [1.54, 1.807) is 23.6 Å². The number of fused-ring (bicyclic) bond motifs is 1. The second kappa shape index (κ2) is 10.8. The smallest absolute Gasteiger partial charge is 0.260 e. The lowest BCUT2D eigenvalue weighted by atomic mass is 9.94. The summed E-state index contributed by atoms with van der Waals surface area (Å²) < 4.78 is 51.9. The van der Waals surface area contributed by atoms with Crippen molar-refractivity contribution in [2.75, 3.05) is 46.6 Å². The first-order valence-electron chi connectivity index (χ1n) is 12.8. The summed E-state index contributed by atoms with van der Waals surface area (Å²) in [6.45, 7) is 4.26. The molecule has 9 heteroatoms. The quantitative estimate of drug-likeness (QED) is 0.414. The number of hydrogen-bond acceptors (Lipinski definition) is 5. The molecule has 0 N–H and O–H groups in total. The highest BCUT2D eigenvalue weighted by Crippen LogP contribution is 2.41. The number of hydrogen-bond donors (Lipinski definition) is 0. The third kappa shape index (κ3) is 4.76. The number of ether oxygens (including phenoxy) is 1. The molecule has 5 rings (SSSR count). The normalized spacial score (nSPS) is 19.4. The zero-order valence-electron chi connectivity index (χ0n) is 22.1. The Morgan fingerprint density at radius 3 is 2.45 bits per heavy atom. The standard InChI is InChI=1S/C29H32F3N3O2S/c1-17-21(13-22-23(30)8-6-9-24(22)31)29-35(19(16-38-29)15-34-12-11-18(14-34)33(2)3)28(36)26(17)20-7-5-10-25(37-4)27(20)32/h5-10,18-19H,11-16H2,1-4H3. The minimum Gasteiger partial charge on any atom is -0.494 e. The zero-order valence-corrected chi connectivity index (χ0v) is 22.9. The first-order chi connectivity index (χ1) is 18.2. The summed E-state index contributed by atoms with van der Waals surface area (Å²) in [6.07, 6.45) is 1.02. The van der Waals surface area contributed by atoms with Crippen molar-refractivity contribution in [2.24, 2.45) is 0 Å². The Morgan fingerprint density at radius 2 is 1.79 bits per heavy atom. The Kier molecular flexibility index (Phi) is 7.62. The van der Waals surface area contributed by atoms with E-state index in [4.69, 9.17) is 4.74 Å². The van der Waals surface area contributed by atoms with E-state index >= 15 is 4.39 Å². The van der Waals surface area contributed by atoms with Gasteiger partial charge in [-0.2, -0.15) is 0 Å². The molecule has 2 aliphatic rings. The zero-order chi connectivity index (χ0) is 27.1. The van der Waals surface area contributed by atoms with Crippen LogP contribution in [0.15, 0.2) is 46.2 Å². The Balaban J connectivity index is 1.65. The molecule has 2 atom stereocenters. The molecule has 0 amide bonds. The monoisotopic (exact) mass is 543 g/mol. The van der Waals surface area contributed by atoms with Gasteiger partial charge in [0.25, 0.3) is 5.56 Å². The lowest BCUT2D eigenvalue weighted by Crippen LogP contribution is -2.37. The molecule has 2 unspecified atom stereocenters. The van der Waals surface area contributed by atoms with Crippen molar-refractivity contribution in [1.29, 1.82) is 0 Å². The fourth-order valence-corrected chi connectivity index (χ4v) is 7.04. The van der Waals surface area contributed by atoms with Gasteiger partial charge in [-0.15, -0.1) is 11.8 Å². The van der Waals surface area contributed by atoms with Gasteiger partial charge in [0.05, 0.1) is 23.7 Å². The molecule has 0 radical (unpaired) electrons. The van der Waals surface area contributed by atoms with Gasteiger partial charge < -0.3 is 9.64 Å². The molecule has 2 aromatic carbocycles. The maximum Gasteiger partial charge on any atom is 0.260 e. The molecule has 3 heterocycles. The van der Waals surface area contributed by atoms with Gasteiger partial charge in [0.2, 0.25) is 0 Å². The van der Waals surface area contributed by atoms with Crippen LogP contribution in [0.25, 0.3) is 11.1 Å². The van der Waals surface area contributed by atoms with Crippen molar-refractivity contribution in [1.82, 2.24) is 14.4 Å². The predicted molar refractivity (Wildman–Crippen MR) is 145 cm³/mol. The third-order valence-corrected chi connectivity index (χ3v) is 9.10. The summed E-state index contributed by atoms with van der Waals surface area (Å²) in [5.74, 6) is -1.22. The fourth-order valence-electron chi connectivity index (χ4n) is 5.66. The first-order valence-corrected chi connectivity index (χ1v) is 13.7. The van der Waals surface area contributed by atoms with E-state index in [0.29, 0.717) is 34.5 Å².